The molecule has 1 amide bonds. The van der Waals surface area contributed by atoms with Crippen LogP contribution in [0.15, 0.2) is 30.3 Å². The fourth-order valence-corrected chi connectivity index (χ4v) is 2.43. The Kier molecular flexibility index (Phi) is 3.83. The second-order valence-electron chi connectivity index (χ2n) is 4.25. The van der Waals surface area contributed by atoms with Crippen molar-refractivity contribution in [2.24, 2.45) is 0 Å². The molecular formula is C13H16ClNO. The molecule has 2 rings (SSSR count). The Bertz CT molecular complexity index is 352. The predicted molar refractivity (Wildman–Crippen MR) is 65.8 cm³/mol. The van der Waals surface area contributed by atoms with Crippen molar-refractivity contribution >= 4 is 17.5 Å². The smallest absolute Gasteiger partial charge is 0.251 e. The largest absolute Gasteiger partial charge is 0.348 e. The summed E-state index contributed by atoms with van der Waals surface area (Å²) in [6.07, 6.45) is 4.32. The van der Waals surface area contributed by atoms with Gasteiger partial charge in [-0.05, 0) is 25.0 Å². The van der Waals surface area contributed by atoms with Crippen LogP contribution in [0.4, 0.5) is 0 Å². The van der Waals surface area contributed by atoms with Gasteiger partial charge in [0.1, 0.15) is 0 Å². The zero-order valence-corrected chi connectivity index (χ0v) is 9.91. The zero-order chi connectivity index (χ0) is 11.4. The van der Waals surface area contributed by atoms with Crippen molar-refractivity contribution in [3.63, 3.8) is 0 Å². The summed E-state index contributed by atoms with van der Waals surface area (Å²) in [5.41, 5.74) is 0.706. The Hall–Kier alpha value is -1.02. The van der Waals surface area contributed by atoms with E-state index in [-0.39, 0.29) is 17.3 Å². The van der Waals surface area contributed by atoms with Gasteiger partial charge in [0.15, 0.2) is 0 Å². The van der Waals surface area contributed by atoms with Gasteiger partial charge < -0.3 is 5.32 Å². The van der Waals surface area contributed by atoms with Gasteiger partial charge in [0.25, 0.3) is 5.91 Å². The highest BCUT2D eigenvalue weighted by atomic mass is 35.5. The topological polar surface area (TPSA) is 29.1 Å². The van der Waals surface area contributed by atoms with Crippen LogP contribution in [0.3, 0.4) is 0 Å². The monoisotopic (exact) mass is 237 g/mol. The summed E-state index contributed by atoms with van der Waals surface area (Å²) in [4.78, 5) is 11.9. The Morgan fingerprint density at radius 1 is 1.19 bits per heavy atom. The zero-order valence-electron chi connectivity index (χ0n) is 9.16. The normalized spacial score (nSPS) is 25.1. The number of amides is 1. The van der Waals surface area contributed by atoms with Gasteiger partial charge in [-0.1, -0.05) is 31.0 Å². The minimum atomic E-state index is -0.0156. The van der Waals surface area contributed by atoms with E-state index in [1.807, 2.05) is 30.3 Å². The van der Waals surface area contributed by atoms with Gasteiger partial charge in [0, 0.05) is 11.6 Å². The summed E-state index contributed by atoms with van der Waals surface area (Å²) < 4.78 is 0. The van der Waals surface area contributed by atoms with Crippen molar-refractivity contribution in [1.29, 1.82) is 0 Å². The molecule has 0 saturated heterocycles. The molecule has 2 nitrogen and oxygen atoms in total. The fraction of sp³-hybridized carbons (Fsp3) is 0.462. The van der Waals surface area contributed by atoms with Gasteiger partial charge in [-0.25, -0.2) is 0 Å². The molecule has 86 valence electrons. The molecule has 0 heterocycles. The molecule has 16 heavy (non-hydrogen) atoms. The van der Waals surface area contributed by atoms with Crippen LogP contribution in [0, 0.1) is 0 Å². The number of carbonyl (C=O) groups excluding carboxylic acids is 1. The maximum absolute atomic E-state index is 11.9. The molecule has 2 atom stereocenters. The minimum absolute atomic E-state index is 0.0156. The molecule has 1 N–H and O–H groups in total. The first kappa shape index (κ1) is 11.5. The number of alkyl halides is 1. The third kappa shape index (κ3) is 2.76. The van der Waals surface area contributed by atoms with Crippen LogP contribution in [-0.2, 0) is 0 Å². The molecule has 1 fully saturated rings. The van der Waals surface area contributed by atoms with Crippen LogP contribution >= 0.6 is 11.6 Å². The van der Waals surface area contributed by atoms with E-state index in [9.17, 15) is 4.79 Å². The van der Waals surface area contributed by atoms with Crippen LogP contribution in [0.1, 0.15) is 36.0 Å². The van der Waals surface area contributed by atoms with Gasteiger partial charge in [-0.2, -0.15) is 0 Å². The average molecular weight is 238 g/mol. The number of rotatable bonds is 2. The number of carbonyl (C=O) groups is 1. The van der Waals surface area contributed by atoms with E-state index in [0.717, 1.165) is 19.3 Å². The van der Waals surface area contributed by atoms with Gasteiger partial charge in [-0.3, -0.25) is 4.79 Å². The molecule has 1 aliphatic rings. The first-order valence-electron chi connectivity index (χ1n) is 5.77. The van der Waals surface area contributed by atoms with Gasteiger partial charge >= 0.3 is 0 Å². The fourth-order valence-electron chi connectivity index (χ4n) is 2.09. The molecule has 1 saturated carbocycles. The standard InChI is InChI=1S/C13H16ClNO/c14-11-8-4-5-9-12(11)15-13(16)10-6-2-1-3-7-10/h1-3,6-7,11-12H,4-5,8-9H2,(H,15,16)/t11-,12-/m0/s1. The number of benzene rings is 1. The van der Waals surface area contributed by atoms with Crippen molar-refractivity contribution in [3.8, 4) is 0 Å². The van der Waals surface area contributed by atoms with E-state index in [4.69, 9.17) is 11.6 Å². The number of hydrogen-bond donors (Lipinski definition) is 1. The first-order chi connectivity index (χ1) is 7.77. The second kappa shape index (κ2) is 5.35. The van der Waals surface area contributed by atoms with E-state index in [0.29, 0.717) is 5.56 Å². The maximum Gasteiger partial charge on any atom is 0.251 e. The summed E-state index contributed by atoms with van der Waals surface area (Å²) in [6.45, 7) is 0. The van der Waals surface area contributed by atoms with Gasteiger partial charge in [0.2, 0.25) is 0 Å². The first-order valence-corrected chi connectivity index (χ1v) is 6.21. The molecule has 0 bridgehead atoms. The van der Waals surface area contributed by atoms with Crippen molar-refractivity contribution < 1.29 is 4.79 Å². The second-order valence-corrected chi connectivity index (χ2v) is 4.81. The van der Waals surface area contributed by atoms with Gasteiger partial charge in [-0.15, -0.1) is 11.6 Å². The lowest BCUT2D eigenvalue weighted by molar-refractivity contribution is 0.0928. The van der Waals surface area contributed by atoms with Gasteiger partial charge in [0.05, 0.1) is 5.38 Å². The Labute approximate surface area is 101 Å². The van der Waals surface area contributed by atoms with E-state index in [1.165, 1.54) is 6.42 Å². The lowest BCUT2D eigenvalue weighted by Crippen LogP contribution is -2.42. The number of hydrogen-bond acceptors (Lipinski definition) is 1. The van der Waals surface area contributed by atoms with E-state index in [1.54, 1.807) is 0 Å². The van der Waals surface area contributed by atoms with Crippen molar-refractivity contribution in [1.82, 2.24) is 5.32 Å². The summed E-state index contributed by atoms with van der Waals surface area (Å²) in [6, 6.07) is 9.41. The Morgan fingerprint density at radius 2 is 1.88 bits per heavy atom. The third-order valence-electron chi connectivity index (χ3n) is 3.03. The highest BCUT2D eigenvalue weighted by Gasteiger charge is 2.24. The van der Waals surface area contributed by atoms with Crippen LogP contribution in [0.5, 0.6) is 0 Å². The quantitative estimate of drug-likeness (QED) is 0.788. The number of nitrogens with one attached hydrogen (secondary N) is 1. The molecule has 0 aromatic heterocycles. The van der Waals surface area contributed by atoms with Crippen LogP contribution in [0.25, 0.3) is 0 Å². The molecule has 1 aliphatic carbocycles. The summed E-state index contributed by atoms with van der Waals surface area (Å²) in [7, 11) is 0. The molecule has 0 radical (unpaired) electrons. The van der Waals surface area contributed by atoms with Crippen molar-refractivity contribution in [2.45, 2.75) is 37.1 Å². The van der Waals surface area contributed by atoms with E-state index < -0.39 is 0 Å². The van der Waals surface area contributed by atoms with E-state index >= 15 is 0 Å². The Balaban J connectivity index is 1.96. The molecule has 3 heteroatoms. The SMILES string of the molecule is O=C(N[C@H]1CCCC[C@@H]1Cl)c1ccccc1. The van der Waals surface area contributed by atoms with Crippen molar-refractivity contribution in [3.05, 3.63) is 35.9 Å². The highest BCUT2D eigenvalue weighted by Crippen LogP contribution is 2.23. The van der Waals surface area contributed by atoms with Crippen LogP contribution in [0.2, 0.25) is 0 Å². The van der Waals surface area contributed by atoms with E-state index in [2.05, 4.69) is 5.32 Å². The lowest BCUT2D eigenvalue weighted by atomic mass is 9.94. The highest BCUT2D eigenvalue weighted by molar-refractivity contribution is 6.21. The van der Waals surface area contributed by atoms with Crippen LogP contribution < -0.4 is 5.32 Å². The third-order valence-corrected chi connectivity index (χ3v) is 3.56. The van der Waals surface area contributed by atoms with Crippen molar-refractivity contribution in [2.75, 3.05) is 0 Å². The number of halogens is 1. The summed E-state index contributed by atoms with van der Waals surface area (Å²) in [5.74, 6) is -0.0156. The molecule has 1 aromatic rings. The molecule has 0 spiro atoms. The average Bonchev–Trinajstić information content (AvgIpc) is 2.33. The van der Waals surface area contributed by atoms with Crippen LogP contribution in [-0.4, -0.2) is 17.3 Å². The molecule has 1 aromatic carbocycles. The summed E-state index contributed by atoms with van der Waals surface area (Å²) in [5, 5.41) is 3.10. The molecular weight excluding hydrogens is 222 g/mol. The lowest BCUT2D eigenvalue weighted by Gasteiger charge is -2.27. The Morgan fingerprint density at radius 3 is 2.56 bits per heavy atom. The minimum Gasteiger partial charge on any atom is -0.348 e. The predicted octanol–water partition coefficient (Wildman–Crippen LogP) is 2.97. The summed E-state index contributed by atoms with van der Waals surface area (Å²) >= 11 is 6.20. The molecule has 0 aliphatic heterocycles. The molecule has 0 unspecified atom stereocenters. The maximum atomic E-state index is 11.9.